The van der Waals surface area contributed by atoms with Gasteiger partial charge in [0.05, 0.1) is 6.61 Å². The first-order chi connectivity index (χ1) is 11.0. The minimum atomic E-state index is -0.566. The van der Waals surface area contributed by atoms with E-state index in [1.807, 2.05) is 13.0 Å². The molecule has 3 amide bonds. The lowest BCUT2D eigenvalue weighted by molar-refractivity contribution is -0.136. The number of amides is 3. The van der Waals surface area contributed by atoms with E-state index in [2.05, 4.69) is 11.4 Å². The second-order valence-corrected chi connectivity index (χ2v) is 5.97. The van der Waals surface area contributed by atoms with E-state index in [4.69, 9.17) is 4.74 Å². The van der Waals surface area contributed by atoms with Crippen LogP contribution in [0.3, 0.4) is 0 Å². The van der Waals surface area contributed by atoms with Crippen LogP contribution in [0.2, 0.25) is 0 Å². The third-order valence-corrected chi connectivity index (χ3v) is 4.50. The fourth-order valence-electron chi connectivity index (χ4n) is 3.37. The molecule has 2 aliphatic rings. The van der Waals surface area contributed by atoms with Crippen molar-refractivity contribution in [3.63, 3.8) is 0 Å². The van der Waals surface area contributed by atoms with Gasteiger partial charge in [-0.25, -0.2) is 0 Å². The van der Waals surface area contributed by atoms with Crippen LogP contribution < -0.4 is 5.32 Å². The molecule has 0 radical (unpaired) electrons. The topological polar surface area (TPSA) is 75.7 Å². The van der Waals surface area contributed by atoms with Crippen LogP contribution in [0.1, 0.15) is 46.8 Å². The van der Waals surface area contributed by atoms with Gasteiger partial charge in [0.2, 0.25) is 11.8 Å². The molecule has 0 aliphatic carbocycles. The molecule has 1 fully saturated rings. The molecular formula is C17H20N2O4. The van der Waals surface area contributed by atoms with Gasteiger partial charge in [-0.2, -0.15) is 0 Å². The molecule has 0 bridgehead atoms. The molecule has 0 aromatic heterocycles. The number of fused-ring (bicyclic) bond motifs is 1. The minimum Gasteiger partial charge on any atom is -0.380 e. The lowest BCUT2D eigenvalue weighted by Gasteiger charge is -2.29. The van der Waals surface area contributed by atoms with E-state index < -0.39 is 6.04 Å². The van der Waals surface area contributed by atoms with Crippen LogP contribution in [-0.4, -0.2) is 35.8 Å². The molecule has 122 valence electrons. The fourth-order valence-corrected chi connectivity index (χ4v) is 3.37. The van der Waals surface area contributed by atoms with Crippen LogP contribution in [0.25, 0.3) is 0 Å². The molecule has 6 nitrogen and oxygen atoms in total. The molecule has 2 aliphatic heterocycles. The Kier molecular flexibility index (Phi) is 4.17. The number of nitrogens with zero attached hydrogens (tertiary/aromatic N) is 1. The summed E-state index contributed by atoms with van der Waals surface area (Å²) in [5.41, 5.74) is 3.71. The Morgan fingerprint density at radius 2 is 2.09 bits per heavy atom. The van der Waals surface area contributed by atoms with E-state index in [0.717, 1.165) is 23.1 Å². The SMILES string of the molecule is CCc1cc(COC)cc2c1CN(C1CCC(=O)NC1=O)C2=O. The average molecular weight is 316 g/mol. The predicted octanol–water partition coefficient (Wildman–Crippen LogP) is 1.16. The van der Waals surface area contributed by atoms with Crippen LogP contribution in [0.5, 0.6) is 0 Å². The van der Waals surface area contributed by atoms with Crippen molar-refractivity contribution in [3.05, 3.63) is 34.4 Å². The van der Waals surface area contributed by atoms with E-state index in [-0.39, 0.29) is 24.1 Å². The van der Waals surface area contributed by atoms with Crippen molar-refractivity contribution in [3.8, 4) is 0 Å². The molecule has 1 saturated heterocycles. The summed E-state index contributed by atoms with van der Waals surface area (Å²) in [4.78, 5) is 37.7. The van der Waals surface area contributed by atoms with Gasteiger partial charge in [0.25, 0.3) is 5.91 Å². The maximum absolute atomic E-state index is 12.8. The zero-order valence-electron chi connectivity index (χ0n) is 13.3. The Balaban J connectivity index is 1.92. The molecule has 1 aromatic carbocycles. The quantitative estimate of drug-likeness (QED) is 0.846. The van der Waals surface area contributed by atoms with E-state index >= 15 is 0 Å². The van der Waals surface area contributed by atoms with Gasteiger partial charge in [0, 0.05) is 25.6 Å². The van der Waals surface area contributed by atoms with Gasteiger partial charge in [0.15, 0.2) is 0 Å². The van der Waals surface area contributed by atoms with Crippen LogP contribution in [0, 0.1) is 0 Å². The number of methoxy groups -OCH3 is 1. The number of hydrogen-bond donors (Lipinski definition) is 1. The zero-order chi connectivity index (χ0) is 16.6. The predicted molar refractivity (Wildman–Crippen MR) is 82.6 cm³/mol. The summed E-state index contributed by atoms with van der Waals surface area (Å²) < 4.78 is 5.17. The smallest absolute Gasteiger partial charge is 0.255 e. The highest BCUT2D eigenvalue weighted by molar-refractivity contribution is 6.05. The molecule has 6 heteroatoms. The molecule has 3 rings (SSSR count). The Morgan fingerprint density at radius 3 is 2.74 bits per heavy atom. The van der Waals surface area contributed by atoms with Crippen molar-refractivity contribution in [1.29, 1.82) is 0 Å². The fraction of sp³-hybridized carbons (Fsp3) is 0.471. The van der Waals surface area contributed by atoms with Gasteiger partial charge < -0.3 is 9.64 Å². The average Bonchev–Trinajstić information content (AvgIpc) is 2.84. The molecule has 0 spiro atoms. The number of hydrogen-bond acceptors (Lipinski definition) is 4. The van der Waals surface area contributed by atoms with Crippen LogP contribution in [0.15, 0.2) is 12.1 Å². The number of rotatable bonds is 4. The van der Waals surface area contributed by atoms with E-state index in [0.29, 0.717) is 25.1 Å². The Morgan fingerprint density at radius 1 is 1.30 bits per heavy atom. The normalized spacial score (nSPS) is 20.7. The molecule has 1 N–H and O–H groups in total. The highest BCUT2D eigenvalue weighted by atomic mass is 16.5. The molecule has 1 aromatic rings. The third kappa shape index (κ3) is 2.74. The Hall–Kier alpha value is -2.21. The number of imide groups is 1. The van der Waals surface area contributed by atoms with Crippen molar-refractivity contribution in [2.24, 2.45) is 0 Å². The van der Waals surface area contributed by atoms with Gasteiger partial charge in [-0.3, -0.25) is 19.7 Å². The second kappa shape index (κ2) is 6.12. The summed E-state index contributed by atoms with van der Waals surface area (Å²) in [7, 11) is 1.62. The summed E-state index contributed by atoms with van der Waals surface area (Å²) in [6.45, 7) is 2.92. The van der Waals surface area contributed by atoms with E-state index in [1.54, 1.807) is 12.0 Å². The van der Waals surface area contributed by atoms with Crippen LogP contribution in [-0.2, 0) is 33.9 Å². The second-order valence-electron chi connectivity index (χ2n) is 5.97. The number of carbonyl (C=O) groups is 3. The van der Waals surface area contributed by atoms with Crippen molar-refractivity contribution >= 4 is 17.7 Å². The summed E-state index contributed by atoms with van der Waals surface area (Å²) in [5, 5.41) is 2.32. The van der Waals surface area contributed by atoms with Crippen molar-refractivity contribution in [2.75, 3.05) is 7.11 Å². The first kappa shape index (κ1) is 15.7. The summed E-state index contributed by atoms with van der Waals surface area (Å²) >= 11 is 0. The number of aryl methyl sites for hydroxylation is 1. The monoisotopic (exact) mass is 316 g/mol. The Labute approximate surface area is 134 Å². The lowest BCUT2D eigenvalue weighted by atomic mass is 9.98. The molecule has 2 heterocycles. The van der Waals surface area contributed by atoms with Crippen molar-refractivity contribution < 1.29 is 19.1 Å². The molecule has 1 atom stereocenters. The van der Waals surface area contributed by atoms with Crippen LogP contribution in [0.4, 0.5) is 0 Å². The minimum absolute atomic E-state index is 0.137. The number of carbonyl (C=O) groups excluding carboxylic acids is 3. The maximum Gasteiger partial charge on any atom is 0.255 e. The zero-order valence-corrected chi connectivity index (χ0v) is 13.3. The lowest BCUT2D eigenvalue weighted by Crippen LogP contribution is -2.52. The molecule has 1 unspecified atom stereocenters. The summed E-state index contributed by atoms with van der Waals surface area (Å²) in [5.74, 6) is -0.785. The summed E-state index contributed by atoms with van der Waals surface area (Å²) in [6.07, 6.45) is 1.47. The molecule has 0 saturated carbocycles. The van der Waals surface area contributed by atoms with Gasteiger partial charge in [-0.05, 0) is 35.6 Å². The van der Waals surface area contributed by atoms with Crippen molar-refractivity contribution in [1.82, 2.24) is 10.2 Å². The maximum atomic E-state index is 12.8. The number of ether oxygens (including phenoxy) is 1. The first-order valence-electron chi connectivity index (χ1n) is 7.83. The van der Waals surface area contributed by atoms with Gasteiger partial charge in [-0.15, -0.1) is 0 Å². The standard InChI is InChI=1S/C17H20N2O4/c1-3-11-6-10(9-23-2)7-12-13(11)8-19(17(12)22)14-4-5-15(20)18-16(14)21/h6-7,14H,3-5,8-9H2,1-2H3,(H,18,20,21). The largest absolute Gasteiger partial charge is 0.380 e. The molecular weight excluding hydrogens is 296 g/mol. The molecule has 23 heavy (non-hydrogen) atoms. The number of piperidine rings is 1. The van der Waals surface area contributed by atoms with E-state index in [9.17, 15) is 14.4 Å². The van der Waals surface area contributed by atoms with Crippen molar-refractivity contribution in [2.45, 2.75) is 45.4 Å². The third-order valence-electron chi connectivity index (χ3n) is 4.50. The van der Waals surface area contributed by atoms with Crippen LogP contribution >= 0.6 is 0 Å². The summed E-state index contributed by atoms with van der Waals surface area (Å²) in [6, 6.07) is 3.35. The number of benzene rings is 1. The highest BCUT2D eigenvalue weighted by Gasteiger charge is 2.39. The Bertz CT molecular complexity index is 683. The van der Waals surface area contributed by atoms with Gasteiger partial charge in [-0.1, -0.05) is 13.0 Å². The van der Waals surface area contributed by atoms with Gasteiger partial charge >= 0.3 is 0 Å². The van der Waals surface area contributed by atoms with E-state index in [1.165, 1.54) is 0 Å². The highest BCUT2D eigenvalue weighted by Crippen LogP contribution is 2.31. The number of nitrogens with one attached hydrogen (secondary N) is 1. The first-order valence-corrected chi connectivity index (χ1v) is 7.83. The van der Waals surface area contributed by atoms with Gasteiger partial charge in [0.1, 0.15) is 6.04 Å².